The normalized spacial score (nSPS) is 26.0. The predicted molar refractivity (Wildman–Crippen MR) is 102 cm³/mol. The number of hydrogen-bond acceptors (Lipinski definition) is 1. The van der Waals surface area contributed by atoms with Crippen LogP contribution in [0.1, 0.15) is 50.1 Å². The monoisotopic (exact) mass is 420 g/mol. The third-order valence-corrected chi connectivity index (χ3v) is 6.49. The third-order valence-electron chi connectivity index (χ3n) is 5.10. The number of fused-ring (bicyclic) bond motifs is 3. The Balaban J connectivity index is 1.82. The van der Waals surface area contributed by atoms with Gasteiger partial charge in [-0.3, -0.25) is 0 Å². The zero-order valence-electron chi connectivity index (χ0n) is 13.1. The summed E-state index contributed by atoms with van der Waals surface area (Å²) in [6, 6.07) is 8.42. The van der Waals surface area contributed by atoms with Crippen molar-refractivity contribution in [2.24, 2.45) is 0 Å². The maximum Gasteiger partial charge on any atom is 0.322 e. The Bertz CT molecular complexity index is 707. The first-order valence-corrected chi connectivity index (χ1v) is 9.58. The molecular weight excluding hydrogens is 399 g/mol. The van der Waals surface area contributed by atoms with Gasteiger partial charge in [0.1, 0.15) is 0 Å². The van der Waals surface area contributed by atoms with Crippen molar-refractivity contribution in [2.45, 2.75) is 44.6 Å². The number of allylic oxidation sites excluding steroid dienone is 3. The average molecular weight is 420 g/mol. The van der Waals surface area contributed by atoms with Crippen molar-refractivity contribution in [2.75, 3.05) is 11.9 Å². The maximum absolute atomic E-state index is 12.5. The number of piperidine rings is 1. The van der Waals surface area contributed by atoms with E-state index >= 15 is 0 Å². The molecule has 1 N–H and O–H groups in total. The first-order valence-electron chi connectivity index (χ1n) is 8.50. The third kappa shape index (κ3) is 2.71. The molecule has 23 heavy (non-hydrogen) atoms. The molecule has 1 fully saturated rings. The molecule has 2 heterocycles. The number of hydrogen-bond donors (Lipinski definition) is 1. The Hall–Kier alpha value is -1.30. The number of anilines is 1. The van der Waals surface area contributed by atoms with Crippen molar-refractivity contribution < 1.29 is 4.79 Å². The number of urea groups is 1. The lowest BCUT2D eigenvalue weighted by Gasteiger charge is -2.42. The van der Waals surface area contributed by atoms with Gasteiger partial charge in [0.15, 0.2) is 0 Å². The summed E-state index contributed by atoms with van der Waals surface area (Å²) in [5.41, 5.74) is 5.15. The molecule has 1 aliphatic carbocycles. The number of halogens is 1. The Kier molecular flexibility index (Phi) is 4.18. The summed E-state index contributed by atoms with van der Waals surface area (Å²) in [7, 11) is 0. The van der Waals surface area contributed by atoms with Crippen LogP contribution in [0.2, 0.25) is 0 Å². The van der Waals surface area contributed by atoms with Crippen LogP contribution in [0, 0.1) is 0 Å². The molecule has 4 heteroatoms. The van der Waals surface area contributed by atoms with Gasteiger partial charge in [-0.15, -0.1) is 0 Å². The van der Waals surface area contributed by atoms with E-state index in [1.807, 2.05) is 17.0 Å². The minimum atomic E-state index is 0.0488. The molecule has 1 unspecified atom stereocenters. The van der Waals surface area contributed by atoms with Gasteiger partial charge < -0.3 is 10.2 Å². The summed E-state index contributed by atoms with van der Waals surface area (Å²) in [6.07, 6.45) is 9.54. The van der Waals surface area contributed by atoms with E-state index in [0.717, 1.165) is 25.1 Å². The molecule has 2 aliphatic heterocycles. The van der Waals surface area contributed by atoms with Gasteiger partial charge in [-0.2, -0.15) is 0 Å². The summed E-state index contributed by atoms with van der Waals surface area (Å²) >= 11 is 2.53. The van der Waals surface area contributed by atoms with E-state index in [-0.39, 0.29) is 12.1 Å². The lowest BCUT2D eigenvalue weighted by Crippen LogP contribution is -2.45. The van der Waals surface area contributed by atoms with Crippen molar-refractivity contribution in [3.63, 3.8) is 0 Å². The van der Waals surface area contributed by atoms with Crippen molar-refractivity contribution >= 4 is 34.3 Å². The molecule has 2 amide bonds. The van der Waals surface area contributed by atoms with Crippen LogP contribution in [0.15, 0.2) is 45.1 Å². The second-order valence-electron chi connectivity index (χ2n) is 6.53. The highest BCUT2D eigenvalue weighted by molar-refractivity contribution is 14.1. The molecule has 3 nitrogen and oxygen atoms in total. The SMILES string of the molecule is O=C1Nc2ccccc2C2/C(=C(/I)C3=CCCCC3)CCCN12. The molecule has 0 aromatic heterocycles. The van der Waals surface area contributed by atoms with E-state index in [1.54, 1.807) is 0 Å². The van der Waals surface area contributed by atoms with Gasteiger partial charge in [-0.25, -0.2) is 4.79 Å². The van der Waals surface area contributed by atoms with Gasteiger partial charge in [0.25, 0.3) is 0 Å². The quantitative estimate of drug-likeness (QED) is 0.593. The fourth-order valence-corrected chi connectivity index (χ4v) is 5.03. The summed E-state index contributed by atoms with van der Waals surface area (Å²) < 4.78 is 1.40. The molecule has 4 rings (SSSR count). The minimum absolute atomic E-state index is 0.0488. The fourth-order valence-electron chi connectivity index (χ4n) is 3.98. The van der Waals surface area contributed by atoms with E-state index in [1.165, 1.54) is 46.0 Å². The van der Waals surface area contributed by atoms with Gasteiger partial charge in [0.2, 0.25) is 0 Å². The zero-order chi connectivity index (χ0) is 15.8. The van der Waals surface area contributed by atoms with Crippen molar-refractivity contribution in [1.29, 1.82) is 0 Å². The van der Waals surface area contributed by atoms with E-state index in [9.17, 15) is 4.79 Å². The number of para-hydroxylation sites is 1. The van der Waals surface area contributed by atoms with Crippen LogP contribution in [0.5, 0.6) is 0 Å². The highest BCUT2D eigenvalue weighted by Gasteiger charge is 2.38. The van der Waals surface area contributed by atoms with Gasteiger partial charge in [-0.05, 0) is 78.3 Å². The molecule has 0 bridgehead atoms. The number of carbonyl (C=O) groups is 1. The lowest BCUT2D eigenvalue weighted by atomic mass is 9.85. The standard InChI is InChI=1S/C19H21IN2O/c20-17(13-7-2-1-3-8-13)15-10-6-12-22-18(15)14-9-4-5-11-16(14)21-19(22)23/h4-5,7,9,11,18H,1-3,6,8,10,12H2,(H,21,23)/b17-15+. The first-order chi connectivity index (χ1) is 11.3. The average Bonchev–Trinajstić information content (AvgIpc) is 2.61. The lowest BCUT2D eigenvalue weighted by molar-refractivity contribution is 0.182. The molecule has 0 saturated carbocycles. The molecule has 3 aliphatic rings. The zero-order valence-corrected chi connectivity index (χ0v) is 15.3. The smallest absolute Gasteiger partial charge is 0.314 e. The summed E-state index contributed by atoms with van der Waals surface area (Å²) in [4.78, 5) is 14.5. The number of benzene rings is 1. The number of nitrogens with zero attached hydrogens (tertiary/aromatic N) is 1. The van der Waals surface area contributed by atoms with E-state index in [4.69, 9.17) is 0 Å². The first kappa shape index (κ1) is 15.2. The molecule has 1 atom stereocenters. The number of nitrogens with one attached hydrogen (secondary N) is 1. The van der Waals surface area contributed by atoms with Gasteiger partial charge >= 0.3 is 6.03 Å². The van der Waals surface area contributed by atoms with Crippen molar-refractivity contribution in [3.8, 4) is 0 Å². The summed E-state index contributed by atoms with van der Waals surface area (Å²) in [6.45, 7) is 0.845. The predicted octanol–water partition coefficient (Wildman–Crippen LogP) is 5.56. The van der Waals surface area contributed by atoms with Gasteiger partial charge in [-0.1, -0.05) is 24.3 Å². The number of carbonyl (C=O) groups excluding carboxylic acids is 1. The van der Waals surface area contributed by atoms with Crippen LogP contribution in [0.25, 0.3) is 0 Å². The van der Waals surface area contributed by atoms with Crippen LogP contribution in [0.4, 0.5) is 10.5 Å². The molecule has 1 saturated heterocycles. The Morgan fingerprint density at radius 2 is 2.04 bits per heavy atom. The van der Waals surface area contributed by atoms with E-state index in [2.05, 4.69) is 46.1 Å². The van der Waals surface area contributed by atoms with Crippen LogP contribution in [0.3, 0.4) is 0 Å². The van der Waals surface area contributed by atoms with E-state index < -0.39 is 0 Å². The molecule has 1 aromatic carbocycles. The minimum Gasteiger partial charge on any atom is -0.314 e. The Morgan fingerprint density at radius 1 is 1.17 bits per heavy atom. The largest absolute Gasteiger partial charge is 0.322 e. The number of rotatable bonds is 1. The van der Waals surface area contributed by atoms with Crippen molar-refractivity contribution in [1.82, 2.24) is 4.90 Å². The Morgan fingerprint density at radius 3 is 2.87 bits per heavy atom. The molecule has 0 radical (unpaired) electrons. The van der Waals surface area contributed by atoms with E-state index in [0.29, 0.717) is 0 Å². The van der Waals surface area contributed by atoms with Crippen LogP contribution in [-0.2, 0) is 0 Å². The maximum atomic E-state index is 12.5. The fraction of sp³-hybridized carbons (Fsp3) is 0.421. The topological polar surface area (TPSA) is 32.3 Å². The molecular formula is C19H21IN2O. The van der Waals surface area contributed by atoms with Gasteiger partial charge in [0, 0.05) is 21.4 Å². The Labute approximate surface area is 151 Å². The molecule has 1 aromatic rings. The second kappa shape index (κ2) is 6.30. The van der Waals surface area contributed by atoms with Gasteiger partial charge in [0.05, 0.1) is 6.04 Å². The molecule has 0 spiro atoms. The number of amides is 2. The summed E-state index contributed by atoms with van der Waals surface area (Å²) in [5.74, 6) is 0. The summed E-state index contributed by atoms with van der Waals surface area (Å²) in [5, 5.41) is 3.05. The molecule has 120 valence electrons. The highest BCUT2D eigenvalue weighted by atomic mass is 127. The second-order valence-corrected chi connectivity index (χ2v) is 7.61. The van der Waals surface area contributed by atoms with Crippen LogP contribution in [-0.4, -0.2) is 17.5 Å². The van der Waals surface area contributed by atoms with Crippen molar-refractivity contribution in [3.05, 3.63) is 50.6 Å². The van der Waals surface area contributed by atoms with Crippen LogP contribution >= 0.6 is 22.6 Å². The van der Waals surface area contributed by atoms with Crippen LogP contribution < -0.4 is 5.32 Å². The highest BCUT2D eigenvalue weighted by Crippen LogP contribution is 2.46.